The zero-order valence-corrected chi connectivity index (χ0v) is 13.8. The number of ether oxygens (including phenoxy) is 1. The van der Waals surface area contributed by atoms with E-state index in [-0.39, 0.29) is 11.9 Å². The molecule has 3 atom stereocenters. The molecular formula is C17H24N4O2. The topological polar surface area (TPSA) is 70.3 Å². The summed E-state index contributed by atoms with van der Waals surface area (Å²) in [6.07, 6.45) is 4.66. The lowest BCUT2D eigenvalue weighted by Crippen LogP contribution is -2.48. The van der Waals surface area contributed by atoms with Gasteiger partial charge in [0.25, 0.3) is 5.91 Å². The Balaban J connectivity index is 1.65. The molecule has 1 saturated carbocycles. The summed E-state index contributed by atoms with van der Waals surface area (Å²) < 4.78 is 7.10. The monoisotopic (exact) mass is 316 g/mol. The van der Waals surface area contributed by atoms with Gasteiger partial charge in [0.2, 0.25) is 0 Å². The van der Waals surface area contributed by atoms with E-state index in [1.54, 1.807) is 30.9 Å². The number of rotatable bonds is 4. The molecule has 2 fully saturated rings. The van der Waals surface area contributed by atoms with Crippen molar-refractivity contribution in [3.63, 3.8) is 0 Å². The smallest absolute Gasteiger partial charge is 0.268 e. The third kappa shape index (κ3) is 3.12. The minimum atomic E-state index is -0.0895. The van der Waals surface area contributed by atoms with Crippen molar-refractivity contribution in [1.82, 2.24) is 14.8 Å². The van der Waals surface area contributed by atoms with Crippen LogP contribution < -0.4 is 5.32 Å². The van der Waals surface area contributed by atoms with Crippen LogP contribution in [0.15, 0.2) is 12.1 Å². The van der Waals surface area contributed by atoms with Gasteiger partial charge in [-0.2, -0.15) is 5.26 Å². The van der Waals surface area contributed by atoms with Gasteiger partial charge in [-0.15, -0.1) is 0 Å². The summed E-state index contributed by atoms with van der Waals surface area (Å²) >= 11 is 0. The number of nitrogens with one attached hydrogen (secondary N) is 1. The fourth-order valence-electron chi connectivity index (χ4n) is 3.89. The fraction of sp³-hybridized carbons (Fsp3) is 0.647. The van der Waals surface area contributed by atoms with Crippen LogP contribution in [0.25, 0.3) is 0 Å². The molecule has 1 aromatic rings. The van der Waals surface area contributed by atoms with Gasteiger partial charge in [-0.25, -0.2) is 0 Å². The molecule has 3 rings (SSSR count). The number of carbonyl (C=O) groups excluding carboxylic acids is 1. The first-order valence-corrected chi connectivity index (χ1v) is 8.27. The maximum Gasteiger partial charge on any atom is 0.268 e. The van der Waals surface area contributed by atoms with Crippen LogP contribution in [0.3, 0.4) is 0 Å². The van der Waals surface area contributed by atoms with Crippen molar-refractivity contribution in [3.8, 4) is 6.07 Å². The summed E-state index contributed by atoms with van der Waals surface area (Å²) in [5, 5.41) is 12.2. The lowest BCUT2D eigenvalue weighted by molar-refractivity contribution is 0.0866. The van der Waals surface area contributed by atoms with E-state index in [9.17, 15) is 4.79 Å². The second-order valence-electron chi connectivity index (χ2n) is 6.49. The summed E-state index contributed by atoms with van der Waals surface area (Å²) in [6, 6.07) is 6.07. The van der Waals surface area contributed by atoms with E-state index >= 15 is 0 Å². The fourth-order valence-corrected chi connectivity index (χ4v) is 3.89. The molecule has 0 radical (unpaired) electrons. The lowest BCUT2D eigenvalue weighted by atomic mass is 10.1. The van der Waals surface area contributed by atoms with E-state index in [0.717, 1.165) is 38.8 Å². The summed E-state index contributed by atoms with van der Waals surface area (Å²) in [6.45, 7) is 1.99. The zero-order valence-electron chi connectivity index (χ0n) is 13.8. The summed E-state index contributed by atoms with van der Waals surface area (Å²) in [7, 11) is 3.52. The highest BCUT2D eigenvalue weighted by Gasteiger charge is 2.37. The predicted molar refractivity (Wildman–Crippen MR) is 86.0 cm³/mol. The quantitative estimate of drug-likeness (QED) is 0.908. The molecule has 0 bridgehead atoms. The Kier molecular flexibility index (Phi) is 4.69. The van der Waals surface area contributed by atoms with Crippen molar-refractivity contribution in [2.24, 2.45) is 7.05 Å². The molecular weight excluding hydrogens is 292 g/mol. The second kappa shape index (κ2) is 6.73. The highest BCUT2D eigenvalue weighted by atomic mass is 16.5. The Hall–Kier alpha value is -1.84. The van der Waals surface area contributed by atoms with Crippen LogP contribution in [-0.2, 0) is 11.8 Å². The zero-order chi connectivity index (χ0) is 16.4. The molecule has 1 N–H and O–H groups in total. The van der Waals surface area contributed by atoms with Crippen molar-refractivity contribution in [1.29, 1.82) is 5.26 Å². The molecule has 1 amide bonds. The lowest BCUT2D eigenvalue weighted by Gasteiger charge is -2.30. The number of likely N-dealkylation sites (tertiary alicyclic amines) is 1. The van der Waals surface area contributed by atoms with E-state index < -0.39 is 0 Å². The van der Waals surface area contributed by atoms with Gasteiger partial charge in [-0.05, 0) is 37.8 Å². The molecule has 6 nitrogen and oxygen atoms in total. The summed E-state index contributed by atoms with van der Waals surface area (Å²) in [5.74, 6) is -0.0895. The molecule has 23 heavy (non-hydrogen) atoms. The standard InChI is InChI=1S/C17H24N4O2/c1-20-12(10-18)6-7-16(20)17(22)19-14-4-3-5-15(14)21-9-8-13(11-21)23-2/h6-7,13-15H,3-5,8-9,11H2,1-2H3,(H,19,22)/t13?,14-,15+/m1/s1. The third-order valence-electron chi connectivity index (χ3n) is 5.24. The third-order valence-corrected chi connectivity index (χ3v) is 5.24. The predicted octanol–water partition coefficient (Wildman–Crippen LogP) is 1.27. The number of aromatic nitrogens is 1. The van der Waals surface area contributed by atoms with Crippen molar-refractivity contribution >= 4 is 5.91 Å². The maximum absolute atomic E-state index is 12.5. The molecule has 0 spiro atoms. The van der Waals surface area contributed by atoms with Crippen LogP contribution in [0.5, 0.6) is 0 Å². The van der Waals surface area contributed by atoms with Crippen LogP contribution in [0.4, 0.5) is 0 Å². The molecule has 0 aromatic carbocycles. The first-order chi connectivity index (χ1) is 11.1. The van der Waals surface area contributed by atoms with Crippen LogP contribution in [0, 0.1) is 11.3 Å². The molecule has 1 aromatic heterocycles. The Labute approximate surface area is 137 Å². The number of amides is 1. The largest absolute Gasteiger partial charge is 0.380 e. The number of carbonyl (C=O) groups is 1. The Morgan fingerprint density at radius 3 is 2.87 bits per heavy atom. The van der Waals surface area contributed by atoms with Gasteiger partial charge in [0.15, 0.2) is 0 Å². The van der Waals surface area contributed by atoms with E-state index in [0.29, 0.717) is 23.5 Å². The van der Waals surface area contributed by atoms with E-state index in [2.05, 4.69) is 16.3 Å². The van der Waals surface area contributed by atoms with E-state index in [1.807, 2.05) is 0 Å². The molecule has 2 heterocycles. The van der Waals surface area contributed by atoms with Gasteiger partial charge in [0.1, 0.15) is 17.5 Å². The molecule has 1 aliphatic carbocycles. The minimum absolute atomic E-state index is 0.0895. The molecule has 6 heteroatoms. The Morgan fingerprint density at radius 2 is 2.22 bits per heavy atom. The van der Waals surface area contributed by atoms with Gasteiger partial charge in [-0.1, -0.05) is 0 Å². The maximum atomic E-state index is 12.5. The van der Waals surface area contributed by atoms with Gasteiger partial charge < -0.3 is 14.6 Å². The Bertz CT molecular complexity index is 619. The SMILES string of the molecule is COC1CCN([C@H]2CCC[C@H]2NC(=O)c2ccc(C#N)n2C)C1. The molecule has 2 aliphatic rings. The molecule has 1 saturated heterocycles. The first kappa shape index (κ1) is 16.0. The van der Waals surface area contributed by atoms with Crippen molar-refractivity contribution < 1.29 is 9.53 Å². The number of hydrogen-bond donors (Lipinski definition) is 1. The van der Waals surface area contributed by atoms with E-state index in [4.69, 9.17) is 10.00 Å². The summed E-state index contributed by atoms with van der Waals surface area (Å²) in [5.41, 5.74) is 1.05. The van der Waals surface area contributed by atoms with Gasteiger partial charge >= 0.3 is 0 Å². The Morgan fingerprint density at radius 1 is 1.39 bits per heavy atom. The van der Waals surface area contributed by atoms with Gasteiger partial charge in [0.05, 0.1) is 6.10 Å². The minimum Gasteiger partial charge on any atom is -0.380 e. The van der Waals surface area contributed by atoms with Crippen LogP contribution >= 0.6 is 0 Å². The number of nitrogens with zero attached hydrogens (tertiary/aromatic N) is 3. The average Bonchev–Trinajstić information content (AvgIpc) is 3.25. The summed E-state index contributed by atoms with van der Waals surface area (Å²) in [4.78, 5) is 15.0. The van der Waals surface area contributed by atoms with Crippen LogP contribution in [0.2, 0.25) is 0 Å². The second-order valence-corrected chi connectivity index (χ2v) is 6.49. The molecule has 124 valence electrons. The number of nitriles is 1. The van der Waals surface area contributed by atoms with Crippen molar-refractivity contribution in [2.75, 3.05) is 20.2 Å². The van der Waals surface area contributed by atoms with E-state index in [1.165, 1.54) is 0 Å². The van der Waals surface area contributed by atoms with Crippen molar-refractivity contribution in [2.45, 2.75) is 43.9 Å². The van der Waals surface area contributed by atoms with Gasteiger partial charge in [-0.3, -0.25) is 9.69 Å². The molecule has 1 unspecified atom stereocenters. The van der Waals surface area contributed by atoms with Crippen molar-refractivity contribution in [3.05, 3.63) is 23.5 Å². The highest BCUT2D eigenvalue weighted by molar-refractivity contribution is 5.93. The van der Waals surface area contributed by atoms with Gasteiger partial charge in [0, 0.05) is 39.3 Å². The number of hydrogen-bond acceptors (Lipinski definition) is 4. The average molecular weight is 316 g/mol. The van der Waals surface area contributed by atoms with Crippen LogP contribution in [-0.4, -0.2) is 53.8 Å². The normalized spacial score (nSPS) is 28.0. The van der Waals surface area contributed by atoms with Crippen LogP contribution in [0.1, 0.15) is 41.9 Å². The number of methoxy groups -OCH3 is 1. The first-order valence-electron chi connectivity index (χ1n) is 8.27. The molecule has 1 aliphatic heterocycles. The highest BCUT2D eigenvalue weighted by Crippen LogP contribution is 2.28.